The Balaban J connectivity index is 1.66. The van der Waals surface area contributed by atoms with E-state index in [0.29, 0.717) is 36.9 Å². The van der Waals surface area contributed by atoms with Gasteiger partial charge in [0.2, 0.25) is 5.91 Å². The fourth-order valence-corrected chi connectivity index (χ4v) is 3.23. The molecule has 0 aromatic heterocycles. The zero-order chi connectivity index (χ0) is 22.1. The number of benzene rings is 1. The number of rotatable bonds is 7. The van der Waals surface area contributed by atoms with E-state index in [1.807, 2.05) is 4.90 Å². The average Bonchev–Trinajstić information content (AvgIpc) is 2.71. The number of piperidine rings is 1. The smallest absolute Gasteiger partial charge is 0.407 e. The van der Waals surface area contributed by atoms with Crippen molar-refractivity contribution in [1.29, 1.82) is 0 Å². The molecule has 1 saturated heterocycles. The summed E-state index contributed by atoms with van der Waals surface area (Å²) < 4.78 is 10.3. The molecule has 1 aromatic carbocycles. The van der Waals surface area contributed by atoms with Gasteiger partial charge in [-0.3, -0.25) is 9.59 Å². The van der Waals surface area contributed by atoms with Crippen LogP contribution in [-0.4, -0.2) is 61.7 Å². The number of hydrogen-bond donors (Lipinski definition) is 2. The van der Waals surface area contributed by atoms with Crippen LogP contribution in [0.15, 0.2) is 24.3 Å². The van der Waals surface area contributed by atoms with Gasteiger partial charge in [0.15, 0.2) is 0 Å². The minimum Gasteiger partial charge on any atom is -0.497 e. The number of carbonyl (C=O) groups excluding carboxylic acids is 3. The number of methoxy groups -OCH3 is 1. The molecular weight excluding hydrogens is 386 g/mol. The van der Waals surface area contributed by atoms with E-state index in [1.165, 1.54) is 0 Å². The van der Waals surface area contributed by atoms with Gasteiger partial charge in [0.25, 0.3) is 5.91 Å². The lowest BCUT2D eigenvalue weighted by atomic mass is 9.96. The van der Waals surface area contributed by atoms with Crippen molar-refractivity contribution < 1.29 is 23.9 Å². The highest BCUT2D eigenvalue weighted by Crippen LogP contribution is 2.18. The lowest BCUT2D eigenvalue weighted by Crippen LogP contribution is -2.42. The van der Waals surface area contributed by atoms with E-state index in [2.05, 4.69) is 10.6 Å². The van der Waals surface area contributed by atoms with E-state index in [9.17, 15) is 14.4 Å². The Labute approximate surface area is 178 Å². The van der Waals surface area contributed by atoms with Crippen LogP contribution in [0.4, 0.5) is 4.79 Å². The standard InChI is InChI=1S/C22H33N3O5/c1-22(2,3)30-21(28)23-11-8-19(26)25-12-9-16(10-13-25)15-24-20(27)17-6-5-7-18(14-17)29-4/h5-7,14,16H,8-13,15H2,1-4H3,(H,23,28)(H,24,27). The molecule has 2 N–H and O–H groups in total. The molecule has 30 heavy (non-hydrogen) atoms. The Morgan fingerprint density at radius 1 is 1.13 bits per heavy atom. The van der Waals surface area contributed by atoms with Crippen LogP contribution >= 0.6 is 0 Å². The molecule has 0 atom stereocenters. The van der Waals surface area contributed by atoms with E-state index in [0.717, 1.165) is 12.8 Å². The predicted octanol–water partition coefficient (Wildman–Crippen LogP) is 2.58. The van der Waals surface area contributed by atoms with E-state index in [4.69, 9.17) is 9.47 Å². The zero-order valence-electron chi connectivity index (χ0n) is 18.3. The number of likely N-dealkylation sites (tertiary alicyclic amines) is 1. The molecule has 1 fully saturated rings. The summed E-state index contributed by atoms with van der Waals surface area (Å²) in [6.45, 7) is 7.53. The van der Waals surface area contributed by atoms with Crippen LogP contribution < -0.4 is 15.4 Å². The molecule has 8 nitrogen and oxygen atoms in total. The summed E-state index contributed by atoms with van der Waals surface area (Å²) in [6, 6.07) is 7.05. The molecule has 3 amide bonds. The Kier molecular flexibility index (Phi) is 8.50. The van der Waals surface area contributed by atoms with Gasteiger partial charge < -0.3 is 25.0 Å². The molecule has 0 bridgehead atoms. The fourth-order valence-electron chi connectivity index (χ4n) is 3.23. The van der Waals surface area contributed by atoms with Crippen molar-refractivity contribution >= 4 is 17.9 Å². The van der Waals surface area contributed by atoms with Gasteiger partial charge >= 0.3 is 6.09 Å². The number of amides is 3. The Morgan fingerprint density at radius 3 is 2.47 bits per heavy atom. The van der Waals surface area contributed by atoms with E-state index < -0.39 is 11.7 Å². The number of nitrogens with one attached hydrogen (secondary N) is 2. The third-order valence-electron chi connectivity index (χ3n) is 4.86. The second-order valence-electron chi connectivity index (χ2n) is 8.44. The molecule has 0 spiro atoms. The van der Waals surface area contributed by atoms with Crippen molar-refractivity contribution in [3.63, 3.8) is 0 Å². The molecule has 8 heteroatoms. The summed E-state index contributed by atoms with van der Waals surface area (Å²) in [4.78, 5) is 38.1. The highest BCUT2D eigenvalue weighted by atomic mass is 16.6. The van der Waals surface area contributed by atoms with Crippen LogP contribution in [0.2, 0.25) is 0 Å². The Hall–Kier alpha value is -2.77. The largest absolute Gasteiger partial charge is 0.497 e. The first-order chi connectivity index (χ1) is 14.2. The van der Waals surface area contributed by atoms with Crippen LogP contribution in [0.5, 0.6) is 5.75 Å². The normalized spacial score (nSPS) is 14.7. The molecule has 166 valence electrons. The molecule has 1 aliphatic rings. The monoisotopic (exact) mass is 419 g/mol. The van der Waals surface area contributed by atoms with Crippen LogP contribution in [-0.2, 0) is 9.53 Å². The van der Waals surface area contributed by atoms with E-state index in [1.54, 1.807) is 52.1 Å². The summed E-state index contributed by atoms with van der Waals surface area (Å²) >= 11 is 0. The molecule has 0 saturated carbocycles. The maximum atomic E-state index is 12.3. The lowest BCUT2D eigenvalue weighted by Gasteiger charge is -2.32. The Morgan fingerprint density at radius 2 is 1.83 bits per heavy atom. The summed E-state index contributed by atoms with van der Waals surface area (Å²) in [6.07, 6.45) is 1.41. The molecule has 0 unspecified atom stereocenters. The van der Waals surface area contributed by atoms with Gasteiger partial charge in [-0.2, -0.15) is 0 Å². The van der Waals surface area contributed by atoms with E-state index >= 15 is 0 Å². The van der Waals surface area contributed by atoms with Crippen molar-refractivity contribution in [2.24, 2.45) is 5.92 Å². The maximum Gasteiger partial charge on any atom is 0.407 e. The molecule has 2 rings (SSSR count). The Bertz CT molecular complexity index is 737. The van der Waals surface area contributed by atoms with Gasteiger partial charge in [0, 0.05) is 38.2 Å². The number of nitrogens with zero attached hydrogens (tertiary/aromatic N) is 1. The van der Waals surface area contributed by atoms with Crippen LogP contribution in [0, 0.1) is 5.92 Å². The van der Waals surface area contributed by atoms with Gasteiger partial charge in [-0.1, -0.05) is 6.07 Å². The second-order valence-corrected chi connectivity index (χ2v) is 8.44. The van der Waals surface area contributed by atoms with Gasteiger partial charge in [-0.15, -0.1) is 0 Å². The third kappa shape index (κ3) is 7.93. The SMILES string of the molecule is COc1cccc(C(=O)NCC2CCN(C(=O)CCNC(=O)OC(C)(C)C)CC2)c1. The molecule has 1 aliphatic heterocycles. The predicted molar refractivity (Wildman–Crippen MR) is 113 cm³/mol. The van der Waals surface area contributed by atoms with Crippen molar-refractivity contribution in [2.75, 3.05) is 33.3 Å². The molecule has 0 radical (unpaired) electrons. The minimum absolute atomic E-state index is 0.0184. The van der Waals surface area contributed by atoms with Crippen LogP contribution in [0.3, 0.4) is 0 Å². The fraction of sp³-hybridized carbons (Fsp3) is 0.591. The van der Waals surface area contributed by atoms with E-state index in [-0.39, 0.29) is 24.8 Å². The number of carbonyl (C=O) groups is 3. The maximum absolute atomic E-state index is 12.3. The van der Waals surface area contributed by atoms with Crippen molar-refractivity contribution in [2.45, 2.75) is 45.6 Å². The number of ether oxygens (including phenoxy) is 2. The van der Waals surface area contributed by atoms with Gasteiger partial charge in [-0.05, 0) is 57.7 Å². The number of alkyl carbamates (subject to hydrolysis) is 1. The summed E-state index contributed by atoms with van der Waals surface area (Å²) in [5.74, 6) is 0.879. The van der Waals surface area contributed by atoms with Crippen molar-refractivity contribution in [3.05, 3.63) is 29.8 Å². The molecule has 0 aliphatic carbocycles. The minimum atomic E-state index is -0.558. The first kappa shape index (κ1) is 23.5. The van der Waals surface area contributed by atoms with Crippen molar-refractivity contribution in [3.8, 4) is 5.75 Å². The van der Waals surface area contributed by atoms with Gasteiger partial charge in [0.05, 0.1) is 7.11 Å². The highest BCUT2D eigenvalue weighted by molar-refractivity contribution is 5.94. The first-order valence-electron chi connectivity index (χ1n) is 10.3. The first-order valence-corrected chi connectivity index (χ1v) is 10.3. The quantitative estimate of drug-likeness (QED) is 0.708. The summed E-state index contributed by atoms with van der Waals surface area (Å²) in [5.41, 5.74) is 0.0114. The summed E-state index contributed by atoms with van der Waals surface area (Å²) in [5, 5.41) is 5.58. The van der Waals surface area contributed by atoms with Crippen LogP contribution in [0.1, 0.15) is 50.4 Å². The third-order valence-corrected chi connectivity index (χ3v) is 4.86. The topological polar surface area (TPSA) is 97.0 Å². The van der Waals surface area contributed by atoms with Gasteiger partial charge in [-0.25, -0.2) is 4.79 Å². The lowest BCUT2D eigenvalue weighted by molar-refractivity contribution is -0.132. The molecule has 1 aromatic rings. The second kappa shape index (κ2) is 10.8. The molecular formula is C22H33N3O5. The number of hydrogen-bond acceptors (Lipinski definition) is 5. The highest BCUT2D eigenvalue weighted by Gasteiger charge is 2.23. The molecule has 1 heterocycles. The average molecular weight is 420 g/mol. The van der Waals surface area contributed by atoms with Crippen molar-refractivity contribution in [1.82, 2.24) is 15.5 Å². The zero-order valence-corrected chi connectivity index (χ0v) is 18.3. The van der Waals surface area contributed by atoms with Crippen LogP contribution in [0.25, 0.3) is 0 Å². The van der Waals surface area contributed by atoms with Gasteiger partial charge in [0.1, 0.15) is 11.4 Å². The summed E-state index contributed by atoms with van der Waals surface area (Å²) in [7, 11) is 1.57.